The van der Waals surface area contributed by atoms with Gasteiger partial charge in [-0.2, -0.15) is 0 Å². The lowest BCUT2D eigenvalue weighted by molar-refractivity contribution is 0.215. The van der Waals surface area contributed by atoms with E-state index in [1.807, 2.05) is 0 Å². The first-order chi connectivity index (χ1) is 10.6. The summed E-state index contributed by atoms with van der Waals surface area (Å²) in [6, 6.07) is 3.34. The number of ether oxygens (including phenoxy) is 2. The standard InChI is InChI=1S/C15H17Cl4NO2/c16-12-7-11(21-6-3-14(18)19)8-13(17)15(12)22-9-10-1-4-20-5-2-10/h3,7-8,10,20H,1-2,4-6,9H2. The number of rotatable bonds is 6. The first kappa shape index (κ1) is 18.0. The number of nitrogens with one attached hydrogen (secondary N) is 1. The summed E-state index contributed by atoms with van der Waals surface area (Å²) in [4.78, 5) is 0. The van der Waals surface area contributed by atoms with E-state index in [0.29, 0.717) is 34.1 Å². The van der Waals surface area contributed by atoms with Crippen molar-refractivity contribution in [3.05, 3.63) is 32.7 Å². The van der Waals surface area contributed by atoms with Crippen LogP contribution in [0, 0.1) is 5.92 Å². The van der Waals surface area contributed by atoms with Gasteiger partial charge >= 0.3 is 0 Å². The predicted molar refractivity (Wildman–Crippen MR) is 92.8 cm³/mol. The van der Waals surface area contributed by atoms with Gasteiger partial charge in [0, 0.05) is 12.1 Å². The smallest absolute Gasteiger partial charge is 0.156 e. The number of hydrogen-bond donors (Lipinski definition) is 1. The first-order valence-corrected chi connectivity index (χ1v) is 8.54. The minimum absolute atomic E-state index is 0.152. The number of benzene rings is 1. The van der Waals surface area contributed by atoms with Crippen LogP contribution >= 0.6 is 46.4 Å². The molecule has 0 amide bonds. The third-order valence-corrected chi connectivity index (χ3v) is 4.25. The normalized spacial score (nSPS) is 15.5. The van der Waals surface area contributed by atoms with Crippen LogP contribution in [0.3, 0.4) is 0 Å². The Hall–Kier alpha value is -0.320. The van der Waals surface area contributed by atoms with Crippen molar-refractivity contribution in [3.8, 4) is 11.5 Å². The first-order valence-electron chi connectivity index (χ1n) is 7.03. The Morgan fingerprint density at radius 1 is 1.14 bits per heavy atom. The quantitative estimate of drug-likeness (QED) is 0.742. The van der Waals surface area contributed by atoms with Gasteiger partial charge in [0.2, 0.25) is 0 Å². The molecule has 1 aliphatic heterocycles. The van der Waals surface area contributed by atoms with Crippen molar-refractivity contribution in [2.24, 2.45) is 5.92 Å². The van der Waals surface area contributed by atoms with E-state index >= 15 is 0 Å². The second-order valence-corrected chi connectivity index (χ2v) is 6.85. The van der Waals surface area contributed by atoms with Crippen LogP contribution in [0.2, 0.25) is 10.0 Å². The average Bonchev–Trinajstić information content (AvgIpc) is 2.47. The molecule has 1 aromatic carbocycles. The Kier molecular flexibility index (Phi) is 7.45. The molecule has 1 fully saturated rings. The minimum atomic E-state index is 0.152. The Bertz CT molecular complexity index is 503. The van der Waals surface area contributed by atoms with Crippen molar-refractivity contribution in [1.82, 2.24) is 5.32 Å². The summed E-state index contributed by atoms with van der Waals surface area (Å²) < 4.78 is 11.4. The Morgan fingerprint density at radius 3 is 2.36 bits per heavy atom. The van der Waals surface area contributed by atoms with Gasteiger partial charge in [0.05, 0.1) is 16.7 Å². The third kappa shape index (κ3) is 5.71. The Balaban J connectivity index is 1.95. The fourth-order valence-electron chi connectivity index (χ4n) is 2.21. The molecule has 0 aromatic heterocycles. The van der Waals surface area contributed by atoms with Crippen LogP contribution in [0.15, 0.2) is 22.7 Å². The van der Waals surface area contributed by atoms with Crippen LogP contribution in [0.4, 0.5) is 0 Å². The van der Waals surface area contributed by atoms with Crippen molar-refractivity contribution >= 4 is 46.4 Å². The highest BCUT2D eigenvalue weighted by molar-refractivity contribution is 6.55. The highest BCUT2D eigenvalue weighted by Gasteiger charge is 2.16. The Morgan fingerprint density at radius 2 is 1.77 bits per heavy atom. The maximum atomic E-state index is 6.22. The molecule has 0 saturated carbocycles. The van der Waals surface area contributed by atoms with Gasteiger partial charge < -0.3 is 14.8 Å². The highest BCUT2D eigenvalue weighted by Crippen LogP contribution is 2.37. The molecule has 22 heavy (non-hydrogen) atoms. The molecular formula is C15H17Cl4NO2. The lowest BCUT2D eigenvalue weighted by Gasteiger charge is -2.23. The zero-order valence-electron chi connectivity index (χ0n) is 11.9. The van der Waals surface area contributed by atoms with Gasteiger partial charge in [0.15, 0.2) is 5.75 Å². The summed E-state index contributed by atoms with van der Waals surface area (Å²) in [6.07, 6.45) is 3.73. The molecule has 2 rings (SSSR count). The van der Waals surface area contributed by atoms with E-state index in [9.17, 15) is 0 Å². The largest absolute Gasteiger partial charge is 0.490 e. The molecule has 0 unspecified atom stereocenters. The van der Waals surface area contributed by atoms with Gasteiger partial charge in [0.25, 0.3) is 0 Å². The summed E-state index contributed by atoms with van der Waals surface area (Å²) in [5.74, 6) is 1.57. The van der Waals surface area contributed by atoms with E-state index in [-0.39, 0.29) is 11.1 Å². The molecule has 0 spiro atoms. The van der Waals surface area contributed by atoms with Crippen molar-refractivity contribution in [1.29, 1.82) is 0 Å². The van der Waals surface area contributed by atoms with Gasteiger partial charge in [-0.15, -0.1) is 0 Å². The molecule has 1 aliphatic rings. The molecule has 1 aromatic rings. The summed E-state index contributed by atoms with van der Waals surface area (Å²) in [5, 5.41) is 4.18. The number of halogens is 4. The molecule has 1 heterocycles. The summed E-state index contributed by atoms with van der Waals surface area (Å²) >= 11 is 23.5. The van der Waals surface area contributed by atoms with Crippen molar-refractivity contribution in [2.75, 3.05) is 26.3 Å². The molecule has 7 heteroatoms. The summed E-state index contributed by atoms with van der Waals surface area (Å²) in [7, 11) is 0. The predicted octanol–water partition coefficient (Wildman–Crippen LogP) is 5.07. The molecule has 1 N–H and O–H groups in total. The Labute approximate surface area is 150 Å². The topological polar surface area (TPSA) is 30.5 Å². The van der Waals surface area contributed by atoms with E-state index in [1.165, 1.54) is 6.08 Å². The van der Waals surface area contributed by atoms with Gasteiger partial charge in [-0.05, 0) is 37.9 Å². The molecular weight excluding hydrogens is 368 g/mol. The van der Waals surface area contributed by atoms with Gasteiger partial charge in [-0.25, -0.2) is 0 Å². The zero-order chi connectivity index (χ0) is 15.9. The molecule has 0 atom stereocenters. The van der Waals surface area contributed by atoms with E-state index < -0.39 is 0 Å². The van der Waals surface area contributed by atoms with Gasteiger partial charge in [-0.1, -0.05) is 46.4 Å². The molecule has 0 aliphatic carbocycles. The van der Waals surface area contributed by atoms with E-state index in [0.717, 1.165) is 25.9 Å². The van der Waals surface area contributed by atoms with Gasteiger partial charge in [-0.3, -0.25) is 0 Å². The van der Waals surface area contributed by atoms with Crippen LogP contribution in [-0.4, -0.2) is 26.3 Å². The highest BCUT2D eigenvalue weighted by atomic mass is 35.5. The maximum Gasteiger partial charge on any atom is 0.156 e. The molecule has 122 valence electrons. The average molecular weight is 385 g/mol. The second kappa shape index (κ2) is 9.09. The fourth-order valence-corrected chi connectivity index (χ4v) is 2.91. The zero-order valence-corrected chi connectivity index (χ0v) is 14.9. The minimum Gasteiger partial charge on any atom is -0.490 e. The van der Waals surface area contributed by atoms with Crippen LogP contribution in [0.1, 0.15) is 12.8 Å². The molecule has 1 saturated heterocycles. The lowest BCUT2D eigenvalue weighted by Crippen LogP contribution is -2.30. The lowest BCUT2D eigenvalue weighted by atomic mass is 9.99. The molecule has 3 nitrogen and oxygen atoms in total. The van der Waals surface area contributed by atoms with Crippen molar-refractivity contribution in [3.63, 3.8) is 0 Å². The second-order valence-electron chi connectivity index (χ2n) is 5.03. The van der Waals surface area contributed by atoms with Crippen molar-refractivity contribution < 1.29 is 9.47 Å². The van der Waals surface area contributed by atoms with Crippen LogP contribution in [0.5, 0.6) is 11.5 Å². The monoisotopic (exact) mass is 383 g/mol. The number of hydrogen-bond acceptors (Lipinski definition) is 3. The van der Waals surface area contributed by atoms with Crippen LogP contribution < -0.4 is 14.8 Å². The molecule has 0 radical (unpaired) electrons. The maximum absolute atomic E-state index is 6.22. The van der Waals surface area contributed by atoms with E-state index in [1.54, 1.807) is 12.1 Å². The summed E-state index contributed by atoms with van der Waals surface area (Å²) in [5.41, 5.74) is 0. The van der Waals surface area contributed by atoms with Crippen molar-refractivity contribution in [2.45, 2.75) is 12.8 Å². The fraction of sp³-hybridized carbons (Fsp3) is 0.467. The summed E-state index contributed by atoms with van der Waals surface area (Å²) in [6.45, 7) is 2.91. The van der Waals surface area contributed by atoms with Gasteiger partial charge in [0.1, 0.15) is 16.8 Å². The molecule has 0 bridgehead atoms. The van der Waals surface area contributed by atoms with E-state index in [4.69, 9.17) is 55.9 Å². The van der Waals surface area contributed by atoms with E-state index in [2.05, 4.69) is 5.32 Å². The van der Waals surface area contributed by atoms with Crippen LogP contribution in [-0.2, 0) is 0 Å². The third-order valence-electron chi connectivity index (χ3n) is 3.38. The SMILES string of the molecule is ClC(Cl)=CCOc1cc(Cl)c(OCC2CCNCC2)c(Cl)c1. The van der Waals surface area contributed by atoms with Crippen LogP contribution in [0.25, 0.3) is 0 Å². The number of piperidine rings is 1.